The summed E-state index contributed by atoms with van der Waals surface area (Å²) in [4.78, 5) is 37.1. The highest BCUT2D eigenvalue weighted by atomic mass is 16.6. The molecule has 0 rings (SSSR count). The van der Waals surface area contributed by atoms with E-state index in [-0.39, 0.29) is 31.1 Å². The van der Waals surface area contributed by atoms with E-state index in [1.165, 1.54) is 77.0 Å². The van der Waals surface area contributed by atoms with E-state index in [1.807, 2.05) is 0 Å². The molecule has 6 nitrogen and oxygen atoms in total. The third kappa shape index (κ3) is 31.8. The number of rotatable bonds is 32. The average Bonchev–Trinajstić information content (AvgIpc) is 2.98. The maximum Gasteiger partial charge on any atom is 0.306 e. The van der Waals surface area contributed by atoms with Crippen LogP contribution in [0.2, 0.25) is 0 Å². The van der Waals surface area contributed by atoms with Gasteiger partial charge in [-0.25, -0.2) is 0 Å². The van der Waals surface area contributed by atoms with E-state index in [9.17, 15) is 14.4 Å². The van der Waals surface area contributed by atoms with Gasteiger partial charge in [-0.2, -0.15) is 0 Å². The van der Waals surface area contributed by atoms with Gasteiger partial charge in [0, 0.05) is 19.3 Å². The third-order valence-corrected chi connectivity index (χ3v) is 8.22. The highest BCUT2D eigenvalue weighted by Gasteiger charge is 2.19. The lowest BCUT2D eigenvalue weighted by atomic mass is 10.0. The quantitative estimate of drug-likeness (QED) is 0.0421. The fraction of sp³-hybridized carbons (Fsp3) is 0.921. The van der Waals surface area contributed by atoms with E-state index >= 15 is 0 Å². The van der Waals surface area contributed by atoms with E-state index < -0.39 is 6.10 Å². The molecule has 0 N–H and O–H groups in total. The molecular weight excluding hydrogens is 552 g/mol. The van der Waals surface area contributed by atoms with E-state index in [4.69, 9.17) is 14.2 Å². The summed E-state index contributed by atoms with van der Waals surface area (Å²) in [7, 11) is 0. The van der Waals surface area contributed by atoms with Crippen LogP contribution in [0.25, 0.3) is 0 Å². The van der Waals surface area contributed by atoms with Crippen LogP contribution in [-0.2, 0) is 28.6 Å². The number of hydrogen-bond donors (Lipinski definition) is 0. The molecule has 44 heavy (non-hydrogen) atoms. The molecule has 0 radical (unpaired) electrons. The van der Waals surface area contributed by atoms with Crippen molar-refractivity contribution in [2.45, 2.75) is 201 Å². The first-order valence-electron chi connectivity index (χ1n) is 18.7. The number of carbonyl (C=O) groups is 3. The smallest absolute Gasteiger partial charge is 0.306 e. The summed E-state index contributed by atoms with van der Waals surface area (Å²) in [5.74, 6) is 0.680. The zero-order chi connectivity index (χ0) is 32.7. The van der Waals surface area contributed by atoms with Crippen LogP contribution in [0.3, 0.4) is 0 Å². The number of unbranched alkanes of at least 4 members (excludes halogenated alkanes) is 17. The molecule has 0 aliphatic rings. The number of carbonyl (C=O) groups excluding carboxylic acids is 3. The summed E-state index contributed by atoms with van der Waals surface area (Å²) in [6.07, 6.45) is 25.6. The summed E-state index contributed by atoms with van der Waals surface area (Å²) in [6.45, 7) is 11.1. The Labute approximate surface area is 272 Å². The summed E-state index contributed by atoms with van der Waals surface area (Å²) < 4.78 is 16.5. The van der Waals surface area contributed by atoms with Crippen molar-refractivity contribution in [2.24, 2.45) is 11.8 Å². The zero-order valence-corrected chi connectivity index (χ0v) is 29.8. The molecule has 0 aliphatic carbocycles. The van der Waals surface area contributed by atoms with Gasteiger partial charge in [0.25, 0.3) is 0 Å². The Hall–Kier alpha value is -1.59. The minimum Gasteiger partial charge on any atom is -0.462 e. The lowest BCUT2D eigenvalue weighted by Gasteiger charge is -2.18. The second kappa shape index (κ2) is 31.4. The number of ether oxygens (including phenoxy) is 3. The Morgan fingerprint density at radius 1 is 0.432 bits per heavy atom. The highest BCUT2D eigenvalue weighted by Crippen LogP contribution is 2.15. The van der Waals surface area contributed by atoms with Gasteiger partial charge in [-0.05, 0) is 31.1 Å². The second-order valence-electron chi connectivity index (χ2n) is 13.8. The molecule has 0 heterocycles. The molecular formula is C38H72O6. The Morgan fingerprint density at radius 3 is 1.11 bits per heavy atom. The zero-order valence-electron chi connectivity index (χ0n) is 29.8. The molecule has 0 bridgehead atoms. The van der Waals surface area contributed by atoms with Gasteiger partial charge in [0.05, 0.1) is 0 Å². The van der Waals surface area contributed by atoms with Crippen LogP contribution < -0.4 is 0 Å². The molecule has 0 unspecified atom stereocenters. The lowest BCUT2D eigenvalue weighted by Crippen LogP contribution is -2.30. The number of esters is 3. The molecule has 0 spiro atoms. The van der Waals surface area contributed by atoms with Gasteiger partial charge in [0.2, 0.25) is 0 Å². The fourth-order valence-corrected chi connectivity index (χ4v) is 5.34. The van der Waals surface area contributed by atoms with Crippen LogP contribution in [0.4, 0.5) is 0 Å². The first kappa shape index (κ1) is 42.4. The molecule has 0 aromatic heterocycles. The van der Waals surface area contributed by atoms with Crippen LogP contribution in [0.1, 0.15) is 195 Å². The largest absolute Gasteiger partial charge is 0.462 e. The maximum absolute atomic E-state index is 12.5. The van der Waals surface area contributed by atoms with Crippen molar-refractivity contribution in [3.8, 4) is 0 Å². The average molecular weight is 625 g/mol. The van der Waals surface area contributed by atoms with Crippen LogP contribution in [-0.4, -0.2) is 37.2 Å². The Kier molecular flexibility index (Phi) is 30.3. The monoisotopic (exact) mass is 625 g/mol. The van der Waals surface area contributed by atoms with Crippen LogP contribution >= 0.6 is 0 Å². The maximum atomic E-state index is 12.5. The van der Waals surface area contributed by atoms with Crippen molar-refractivity contribution in [3.05, 3.63) is 0 Å². The predicted molar refractivity (Wildman–Crippen MR) is 183 cm³/mol. The second-order valence-corrected chi connectivity index (χ2v) is 13.8. The molecule has 0 saturated carbocycles. The number of hydrogen-bond acceptors (Lipinski definition) is 6. The molecule has 0 amide bonds. The van der Waals surface area contributed by atoms with Crippen molar-refractivity contribution in [1.82, 2.24) is 0 Å². The molecule has 0 aromatic rings. The Balaban J connectivity index is 4.28. The standard InChI is InChI=1S/C38H72O6/c1-6-7-8-16-23-28-36(39)42-31-35(44-38(41)30-25-20-15-14-18-22-27-34(4)5)32-43-37(40)29-24-19-13-11-9-10-12-17-21-26-33(2)3/h33-35H,6-32H2,1-5H3/t35-/m0/s1. The van der Waals surface area contributed by atoms with Gasteiger partial charge >= 0.3 is 17.9 Å². The first-order chi connectivity index (χ1) is 21.2. The van der Waals surface area contributed by atoms with Gasteiger partial charge in [0.1, 0.15) is 13.2 Å². The topological polar surface area (TPSA) is 78.9 Å². The fourth-order valence-electron chi connectivity index (χ4n) is 5.34. The van der Waals surface area contributed by atoms with Gasteiger partial charge in [-0.15, -0.1) is 0 Å². The van der Waals surface area contributed by atoms with Gasteiger partial charge in [-0.3, -0.25) is 14.4 Å². The summed E-state index contributed by atoms with van der Waals surface area (Å²) in [5.41, 5.74) is 0. The molecule has 260 valence electrons. The molecule has 0 aliphatic heterocycles. The summed E-state index contributed by atoms with van der Waals surface area (Å²) in [5, 5.41) is 0. The SMILES string of the molecule is CCCCCCCC(=O)OC[C@@H](COC(=O)CCCCCCCCCCCC(C)C)OC(=O)CCCCCCCCC(C)C. The third-order valence-electron chi connectivity index (χ3n) is 8.22. The van der Waals surface area contributed by atoms with Crippen molar-refractivity contribution in [3.63, 3.8) is 0 Å². The highest BCUT2D eigenvalue weighted by molar-refractivity contribution is 5.71. The van der Waals surface area contributed by atoms with Crippen molar-refractivity contribution >= 4 is 17.9 Å². The van der Waals surface area contributed by atoms with Crippen molar-refractivity contribution in [2.75, 3.05) is 13.2 Å². The van der Waals surface area contributed by atoms with E-state index in [1.54, 1.807) is 0 Å². The van der Waals surface area contributed by atoms with Crippen molar-refractivity contribution < 1.29 is 28.6 Å². The minimum atomic E-state index is -0.757. The minimum absolute atomic E-state index is 0.0684. The van der Waals surface area contributed by atoms with E-state index in [2.05, 4.69) is 34.6 Å². The lowest BCUT2D eigenvalue weighted by molar-refractivity contribution is -0.167. The molecule has 0 saturated heterocycles. The molecule has 1 atom stereocenters. The first-order valence-corrected chi connectivity index (χ1v) is 18.7. The van der Waals surface area contributed by atoms with E-state index in [0.717, 1.165) is 76.0 Å². The van der Waals surface area contributed by atoms with Crippen LogP contribution in [0, 0.1) is 11.8 Å². The van der Waals surface area contributed by atoms with Gasteiger partial charge in [-0.1, -0.05) is 157 Å². The van der Waals surface area contributed by atoms with Crippen molar-refractivity contribution in [1.29, 1.82) is 0 Å². The van der Waals surface area contributed by atoms with E-state index in [0.29, 0.717) is 19.3 Å². The van der Waals surface area contributed by atoms with Gasteiger partial charge in [0.15, 0.2) is 6.10 Å². The molecule has 0 aromatic carbocycles. The summed E-state index contributed by atoms with van der Waals surface area (Å²) in [6, 6.07) is 0. The van der Waals surface area contributed by atoms with Crippen LogP contribution in [0.5, 0.6) is 0 Å². The Morgan fingerprint density at radius 2 is 0.750 bits per heavy atom. The predicted octanol–water partition coefficient (Wildman–Crippen LogP) is 11.1. The van der Waals surface area contributed by atoms with Gasteiger partial charge < -0.3 is 14.2 Å². The normalized spacial score (nSPS) is 12.1. The Bertz CT molecular complexity index is 674. The molecule has 6 heteroatoms. The van der Waals surface area contributed by atoms with Crippen LogP contribution in [0.15, 0.2) is 0 Å². The summed E-state index contributed by atoms with van der Waals surface area (Å²) >= 11 is 0. The molecule has 0 fully saturated rings.